The molecule has 1 atom stereocenters. The fourth-order valence-corrected chi connectivity index (χ4v) is 2.29. The topological polar surface area (TPSA) is 32.3 Å². The summed E-state index contributed by atoms with van der Waals surface area (Å²) in [6.07, 6.45) is 0. The van der Waals surface area contributed by atoms with Crippen molar-refractivity contribution >= 4 is 33.2 Å². The van der Waals surface area contributed by atoms with E-state index in [4.69, 9.17) is 0 Å². The summed E-state index contributed by atoms with van der Waals surface area (Å²) >= 11 is 3.46. The van der Waals surface area contributed by atoms with Crippen LogP contribution in [0.25, 0.3) is 0 Å². The fraction of sp³-hybridized carbons (Fsp3) is 0.417. The molecule has 2 rings (SSSR count). The molecule has 1 heterocycles. The summed E-state index contributed by atoms with van der Waals surface area (Å²) in [5.74, 6) is 0.116. The van der Waals surface area contributed by atoms with Crippen molar-refractivity contribution in [3.8, 4) is 0 Å². The highest BCUT2D eigenvalue weighted by Gasteiger charge is 2.23. The zero-order chi connectivity index (χ0) is 11.7. The van der Waals surface area contributed by atoms with E-state index in [9.17, 15) is 4.79 Å². The summed E-state index contributed by atoms with van der Waals surface area (Å²) in [5, 5.41) is 2.96. The van der Waals surface area contributed by atoms with Crippen LogP contribution < -0.4 is 10.2 Å². The monoisotopic (exact) mass is 282 g/mol. The molecule has 1 aliphatic heterocycles. The van der Waals surface area contributed by atoms with Gasteiger partial charge in [0.25, 0.3) is 0 Å². The van der Waals surface area contributed by atoms with Gasteiger partial charge in [0, 0.05) is 17.6 Å². The first-order valence-electron chi connectivity index (χ1n) is 5.47. The van der Waals surface area contributed by atoms with Crippen molar-refractivity contribution in [2.24, 2.45) is 5.92 Å². The molecule has 16 heavy (non-hydrogen) atoms. The summed E-state index contributed by atoms with van der Waals surface area (Å²) in [5.41, 5.74) is 1.99. The highest BCUT2D eigenvalue weighted by molar-refractivity contribution is 9.10. The molecule has 1 aromatic rings. The number of amides is 1. The molecule has 1 aromatic carbocycles. The maximum absolute atomic E-state index is 11.8. The van der Waals surface area contributed by atoms with Crippen LogP contribution >= 0.6 is 15.9 Å². The van der Waals surface area contributed by atoms with Crippen LogP contribution in [-0.4, -0.2) is 19.0 Å². The van der Waals surface area contributed by atoms with Crippen LogP contribution in [0.15, 0.2) is 22.7 Å². The van der Waals surface area contributed by atoms with Crippen molar-refractivity contribution in [3.63, 3.8) is 0 Å². The third-order valence-electron chi connectivity index (χ3n) is 2.88. The number of hydrogen-bond donors (Lipinski definition) is 1. The van der Waals surface area contributed by atoms with E-state index in [-0.39, 0.29) is 11.8 Å². The Labute approximate surface area is 104 Å². The predicted molar refractivity (Wildman–Crippen MR) is 69.8 cm³/mol. The zero-order valence-corrected chi connectivity index (χ0v) is 11.0. The first-order chi connectivity index (χ1) is 7.61. The van der Waals surface area contributed by atoms with Crippen molar-refractivity contribution in [3.05, 3.63) is 22.7 Å². The van der Waals surface area contributed by atoms with E-state index in [1.54, 1.807) is 0 Å². The van der Waals surface area contributed by atoms with Gasteiger partial charge in [0.15, 0.2) is 0 Å². The Hall–Kier alpha value is -1.03. The number of carbonyl (C=O) groups excluding carboxylic acids is 1. The second-order valence-corrected chi connectivity index (χ2v) is 5.01. The number of benzene rings is 1. The minimum absolute atomic E-state index is 0.0196. The molecule has 0 aliphatic carbocycles. The minimum atomic E-state index is 0.0196. The fourth-order valence-electron chi connectivity index (χ4n) is 1.94. The third kappa shape index (κ3) is 2.07. The van der Waals surface area contributed by atoms with E-state index in [1.165, 1.54) is 0 Å². The molecular weight excluding hydrogens is 268 g/mol. The molecule has 1 aliphatic rings. The number of fused-ring (bicyclic) bond motifs is 1. The highest BCUT2D eigenvalue weighted by Crippen LogP contribution is 2.32. The maximum Gasteiger partial charge on any atom is 0.229 e. The van der Waals surface area contributed by atoms with Gasteiger partial charge in [-0.1, -0.05) is 22.9 Å². The van der Waals surface area contributed by atoms with Gasteiger partial charge >= 0.3 is 0 Å². The summed E-state index contributed by atoms with van der Waals surface area (Å²) < 4.78 is 1.04. The molecule has 0 aromatic heterocycles. The van der Waals surface area contributed by atoms with Crippen molar-refractivity contribution in [2.75, 3.05) is 23.3 Å². The van der Waals surface area contributed by atoms with Gasteiger partial charge in [0.05, 0.1) is 17.3 Å². The Bertz CT molecular complexity index is 419. The lowest BCUT2D eigenvalue weighted by atomic mass is 10.1. The van der Waals surface area contributed by atoms with Gasteiger partial charge in [0.2, 0.25) is 5.91 Å². The van der Waals surface area contributed by atoms with Crippen LogP contribution in [0.2, 0.25) is 0 Å². The summed E-state index contributed by atoms with van der Waals surface area (Å²) in [7, 11) is 0. The molecule has 0 saturated carbocycles. The molecule has 0 fully saturated rings. The van der Waals surface area contributed by atoms with Gasteiger partial charge in [-0.15, -0.1) is 0 Å². The first kappa shape index (κ1) is 11.5. The summed E-state index contributed by atoms with van der Waals surface area (Å²) in [6, 6.07) is 5.94. The Balaban J connectivity index is 2.46. The van der Waals surface area contributed by atoms with Crippen molar-refractivity contribution < 1.29 is 4.79 Å². The van der Waals surface area contributed by atoms with Gasteiger partial charge in [-0.2, -0.15) is 0 Å². The van der Waals surface area contributed by atoms with E-state index in [1.807, 2.05) is 19.1 Å². The van der Waals surface area contributed by atoms with Crippen LogP contribution in [-0.2, 0) is 4.79 Å². The van der Waals surface area contributed by atoms with Gasteiger partial charge in [-0.25, -0.2) is 0 Å². The van der Waals surface area contributed by atoms with Crippen LogP contribution in [0.3, 0.4) is 0 Å². The lowest BCUT2D eigenvalue weighted by Gasteiger charge is -2.23. The second kappa shape index (κ2) is 4.45. The van der Waals surface area contributed by atoms with Crippen LogP contribution in [0.4, 0.5) is 11.4 Å². The molecule has 0 spiro atoms. The number of nitrogens with zero attached hydrogens (tertiary/aromatic N) is 1. The quantitative estimate of drug-likeness (QED) is 0.859. The Morgan fingerprint density at radius 3 is 3.00 bits per heavy atom. The van der Waals surface area contributed by atoms with Crippen molar-refractivity contribution in [2.45, 2.75) is 13.8 Å². The zero-order valence-electron chi connectivity index (χ0n) is 9.46. The minimum Gasteiger partial charge on any atom is -0.369 e. The van der Waals surface area contributed by atoms with E-state index >= 15 is 0 Å². The van der Waals surface area contributed by atoms with Crippen molar-refractivity contribution in [1.29, 1.82) is 0 Å². The van der Waals surface area contributed by atoms with E-state index in [0.717, 1.165) is 28.9 Å². The lowest BCUT2D eigenvalue weighted by Crippen LogP contribution is -2.30. The van der Waals surface area contributed by atoms with Crippen LogP contribution in [0.5, 0.6) is 0 Å². The average Bonchev–Trinajstić information content (AvgIpc) is 2.38. The van der Waals surface area contributed by atoms with Gasteiger partial charge in [0.1, 0.15) is 0 Å². The molecule has 4 heteroatoms. The maximum atomic E-state index is 11.8. The average molecular weight is 283 g/mol. The van der Waals surface area contributed by atoms with E-state index in [2.05, 4.69) is 39.1 Å². The number of halogens is 1. The molecular formula is C12H15BrN2O. The predicted octanol–water partition coefficient (Wildman–Crippen LogP) is 2.86. The summed E-state index contributed by atoms with van der Waals surface area (Å²) in [6.45, 7) is 5.74. The number of hydrogen-bond acceptors (Lipinski definition) is 2. The largest absolute Gasteiger partial charge is 0.369 e. The number of nitrogens with one attached hydrogen (secondary N) is 1. The Morgan fingerprint density at radius 2 is 2.31 bits per heavy atom. The van der Waals surface area contributed by atoms with Gasteiger partial charge in [-0.3, -0.25) is 4.79 Å². The first-order valence-corrected chi connectivity index (χ1v) is 6.26. The molecule has 0 saturated heterocycles. The molecule has 1 amide bonds. The Morgan fingerprint density at radius 1 is 1.56 bits per heavy atom. The second-order valence-electron chi connectivity index (χ2n) is 4.09. The van der Waals surface area contributed by atoms with Gasteiger partial charge in [-0.05, 0) is 25.1 Å². The van der Waals surface area contributed by atoms with E-state index < -0.39 is 0 Å². The molecule has 0 radical (unpaired) electrons. The molecule has 1 N–H and O–H groups in total. The number of carbonyl (C=O) groups is 1. The third-order valence-corrected chi connectivity index (χ3v) is 3.38. The van der Waals surface area contributed by atoms with Crippen LogP contribution in [0, 0.1) is 5.92 Å². The molecule has 0 bridgehead atoms. The van der Waals surface area contributed by atoms with E-state index in [0.29, 0.717) is 0 Å². The normalized spacial score (nSPS) is 20.1. The Kier molecular flexibility index (Phi) is 3.19. The molecule has 3 nitrogen and oxygen atoms in total. The highest BCUT2D eigenvalue weighted by atomic mass is 79.9. The number of anilines is 2. The number of rotatable bonds is 1. The molecule has 1 unspecified atom stereocenters. The smallest absolute Gasteiger partial charge is 0.229 e. The standard InChI is InChI=1S/C12H15BrN2O/c1-3-15-7-8(2)12(16)14-10-5-4-9(13)6-11(10)15/h4-6,8H,3,7H2,1-2H3,(H,14,16). The van der Waals surface area contributed by atoms with Crippen molar-refractivity contribution in [1.82, 2.24) is 0 Å². The lowest BCUT2D eigenvalue weighted by molar-refractivity contribution is -0.119. The summed E-state index contributed by atoms with van der Waals surface area (Å²) in [4.78, 5) is 14.0. The molecule has 86 valence electrons. The SMILES string of the molecule is CCN1CC(C)C(=O)Nc2ccc(Br)cc21. The van der Waals surface area contributed by atoms with Gasteiger partial charge < -0.3 is 10.2 Å². The van der Waals surface area contributed by atoms with Crippen LogP contribution in [0.1, 0.15) is 13.8 Å².